The van der Waals surface area contributed by atoms with Gasteiger partial charge in [0.05, 0.1) is 0 Å². The Balaban J connectivity index is 1.90. The second kappa shape index (κ2) is 7.12. The van der Waals surface area contributed by atoms with Crippen molar-refractivity contribution in [3.05, 3.63) is 28.7 Å². The predicted molar refractivity (Wildman–Crippen MR) is 81.7 cm³/mol. The number of sulfonamides is 1. The number of rotatable bonds is 8. The SMILES string of the molecule is CNCc1sc(S(=O)(=O)NCCCc2ncn[nH]2)cc1C. The maximum atomic E-state index is 12.2. The highest BCUT2D eigenvalue weighted by Gasteiger charge is 2.18. The summed E-state index contributed by atoms with van der Waals surface area (Å²) in [4.78, 5) is 5.04. The number of nitrogens with one attached hydrogen (secondary N) is 3. The topological polar surface area (TPSA) is 99.8 Å². The number of aromatic amines is 1. The quantitative estimate of drug-likeness (QED) is 0.622. The van der Waals surface area contributed by atoms with Crippen molar-refractivity contribution in [2.75, 3.05) is 13.6 Å². The van der Waals surface area contributed by atoms with Gasteiger partial charge in [0.1, 0.15) is 16.4 Å². The fraction of sp³-hybridized carbons (Fsp3) is 0.500. The molecule has 2 aromatic heterocycles. The summed E-state index contributed by atoms with van der Waals surface area (Å²) in [6.07, 6.45) is 2.77. The molecule has 21 heavy (non-hydrogen) atoms. The van der Waals surface area contributed by atoms with E-state index in [-0.39, 0.29) is 0 Å². The van der Waals surface area contributed by atoms with E-state index in [9.17, 15) is 8.42 Å². The second-order valence-corrected chi connectivity index (χ2v) is 7.77. The Kier molecular flexibility index (Phi) is 5.45. The minimum atomic E-state index is -3.43. The minimum absolute atomic E-state index is 0.366. The maximum absolute atomic E-state index is 12.2. The zero-order chi connectivity index (χ0) is 15.3. The number of aromatic nitrogens is 3. The van der Waals surface area contributed by atoms with Gasteiger partial charge in [0.2, 0.25) is 10.0 Å². The molecule has 2 heterocycles. The third kappa shape index (κ3) is 4.34. The number of hydrogen-bond donors (Lipinski definition) is 3. The van der Waals surface area contributed by atoms with Crippen LogP contribution in [0.25, 0.3) is 0 Å². The third-order valence-electron chi connectivity index (χ3n) is 2.95. The smallest absolute Gasteiger partial charge is 0.250 e. The molecule has 3 N–H and O–H groups in total. The Morgan fingerprint density at radius 1 is 1.43 bits per heavy atom. The lowest BCUT2D eigenvalue weighted by atomic mass is 10.3. The highest BCUT2D eigenvalue weighted by Crippen LogP contribution is 2.25. The van der Waals surface area contributed by atoms with E-state index in [0.29, 0.717) is 30.1 Å². The van der Waals surface area contributed by atoms with E-state index in [0.717, 1.165) is 16.3 Å². The molecule has 0 amide bonds. The summed E-state index contributed by atoms with van der Waals surface area (Å²) in [5.74, 6) is 0.762. The van der Waals surface area contributed by atoms with E-state index in [2.05, 4.69) is 25.2 Å². The summed E-state index contributed by atoms with van der Waals surface area (Å²) in [6, 6.07) is 1.72. The number of aryl methyl sites for hydroxylation is 2. The highest BCUT2D eigenvalue weighted by molar-refractivity contribution is 7.91. The first kappa shape index (κ1) is 16.1. The van der Waals surface area contributed by atoms with Crippen LogP contribution in [0.2, 0.25) is 0 Å². The standard InChI is InChI=1S/C12H19N5O2S2/c1-9-6-12(20-10(9)7-13-2)21(18,19)16-5-3-4-11-14-8-15-17-11/h6,8,13,16H,3-5,7H2,1-2H3,(H,14,15,17). The van der Waals surface area contributed by atoms with Crippen LogP contribution in [0.5, 0.6) is 0 Å². The van der Waals surface area contributed by atoms with Gasteiger partial charge in [-0.15, -0.1) is 11.3 Å². The Labute approximate surface area is 128 Å². The van der Waals surface area contributed by atoms with Gasteiger partial charge < -0.3 is 5.32 Å². The van der Waals surface area contributed by atoms with Crippen molar-refractivity contribution in [2.45, 2.75) is 30.5 Å². The number of thiophene rings is 1. The fourth-order valence-corrected chi connectivity index (χ4v) is 4.56. The first-order valence-electron chi connectivity index (χ1n) is 6.61. The molecule has 116 valence electrons. The molecule has 2 rings (SSSR count). The second-order valence-electron chi connectivity index (χ2n) is 4.64. The molecule has 0 aliphatic carbocycles. The van der Waals surface area contributed by atoms with Crippen molar-refractivity contribution < 1.29 is 8.42 Å². The van der Waals surface area contributed by atoms with Crippen LogP contribution >= 0.6 is 11.3 Å². The summed E-state index contributed by atoms with van der Waals surface area (Å²) in [6.45, 7) is 2.98. The van der Waals surface area contributed by atoms with Crippen LogP contribution in [0, 0.1) is 6.92 Å². The van der Waals surface area contributed by atoms with E-state index in [1.807, 2.05) is 14.0 Å². The zero-order valence-electron chi connectivity index (χ0n) is 12.0. The monoisotopic (exact) mass is 329 g/mol. The van der Waals surface area contributed by atoms with Gasteiger partial charge in [-0.05, 0) is 32.0 Å². The number of H-pyrrole nitrogens is 1. The molecule has 0 atom stereocenters. The van der Waals surface area contributed by atoms with Crippen LogP contribution in [0.15, 0.2) is 16.6 Å². The average molecular weight is 329 g/mol. The number of nitrogens with zero attached hydrogens (tertiary/aromatic N) is 2. The molecule has 0 bridgehead atoms. The zero-order valence-corrected chi connectivity index (χ0v) is 13.6. The average Bonchev–Trinajstić information content (AvgIpc) is 3.06. The maximum Gasteiger partial charge on any atom is 0.250 e. The van der Waals surface area contributed by atoms with E-state index in [1.165, 1.54) is 17.7 Å². The van der Waals surface area contributed by atoms with Crippen LogP contribution in [0.3, 0.4) is 0 Å². The van der Waals surface area contributed by atoms with Crippen LogP contribution < -0.4 is 10.0 Å². The Morgan fingerprint density at radius 3 is 2.90 bits per heavy atom. The molecule has 0 aliphatic rings. The summed E-state index contributed by atoms with van der Waals surface area (Å²) < 4.78 is 27.4. The van der Waals surface area contributed by atoms with Crippen molar-refractivity contribution in [3.63, 3.8) is 0 Å². The van der Waals surface area contributed by atoms with Crippen LogP contribution in [0.4, 0.5) is 0 Å². The molecular formula is C12H19N5O2S2. The molecular weight excluding hydrogens is 310 g/mol. The van der Waals surface area contributed by atoms with Gasteiger partial charge in [0.15, 0.2) is 0 Å². The van der Waals surface area contributed by atoms with Crippen molar-refractivity contribution >= 4 is 21.4 Å². The minimum Gasteiger partial charge on any atom is -0.315 e. The lowest BCUT2D eigenvalue weighted by Gasteiger charge is -2.03. The number of hydrogen-bond acceptors (Lipinski definition) is 6. The molecule has 9 heteroatoms. The van der Waals surface area contributed by atoms with Crippen LogP contribution in [0.1, 0.15) is 22.7 Å². The molecule has 2 aromatic rings. The van der Waals surface area contributed by atoms with Gasteiger partial charge in [0, 0.05) is 24.4 Å². The molecule has 0 saturated heterocycles. The molecule has 0 fully saturated rings. The van der Waals surface area contributed by atoms with E-state index >= 15 is 0 Å². The lowest BCUT2D eigenvalue weighted by Crippen LogP contribution is -2.24. The summed E-state index contributed by atoms with van der Waals surface area (Å²) in [5, 5.41) is 9.53. The van der Waals surface area contributed by atoms with Crippen molar-refractivity contribution in [2.24, 2.45) is 0 Å². The van der Waals surface area contributed by atoms with Gasteiger partial charge in [0.25, 0.3) is 0 Å². The Bertz CT molecular complexity index is 664. The molecule has 0 spiro atoms. The molecule has 0 saturated carbocycles. The highest BCUT2D eigenvalue weighted by atomic mass is 32.2. The third-order valence-corrected chi connectivity index (χ3v) is 6.12. The molecule has 0 unspecified atom stereocenters. The normalized spacial score (nSPS) is 11.9. The molecule has 0 radical (unpaired) electrons. The van der Waals surface area contributed by atoms with Gasteiger partial charge in [-0.2, -0.15) is 5.10 Å². The van der Waals surface area contributed by atoms with Gasteiger partial charge in [-0.1, -0.05) is 0 Å². The van der Waals surface area contributed by atoms with Gasteiger partial charge >= 0.3 is 0 Å². The van der Waals surface area contributed by atoms with E-state index < -0.39 is 10.0 Å². The molecule has 0 aliphatic heterocycles. The first-order chi connectivity index (χ1) is 10.0. The molecule has 0 aromatic carbocycles. The molecule has 7 nitrogen and oxygen atoms in total. The summed E-state index contributed by atoms with van der Waals surface area (Å²) in [5.41, 5.74) is 0.997. The van der Waals surface area contributed by atoms with Crippen molar-refractivity contribution in [1.82, 2.24) is 25.2 Å². The Morgan fingerprint density at radius 2 is 2.24 bits per heavy atom. The summed E-state index contributed by atoms with van der Waals surface area (Å²) >= 11 is 1.31. The summed E-state index contributed by atoms with van der Waals surface area (Å²) in [7, 11) is -1.58. The van der Waals surface area contributed by atoms with Crippen molar-refractivity contribution in [1.29, 1.82) is 0 Å². The van der Waals surface area contributed by atoms with E-state index in [1.54, 1.807) is 6.07 Å². The predicted octanol–water partition coefficient (Wildman–Crippen LogP) is 0.805. The lowest BCUT2D eigenvalue weighted by molar-refractivity contribution is 0.580. The largest absolute Gasteiger partial charge is 0.315 e. The van der Waals surface area contributed by atoms with E-state index in [4.69, 9.17) is 0 Å². The van der Waals surface area contributed by atoms with Crippen LogP contribution in [-0.4, -0.2) is 37.2 Å². The Hall–Kier alpha value is -1.29. The van der Waals surface area contributed by atoms with Crippen molar-refractivity contribution in [3.8, 4) is 0 Å². The van der Waals surface area contributed by atoms with Gasteiger partial charge in [-0.25, -0.2) is 18.1 Å². The van der Waals surface area contributed by atoms with Crippen LogP contribution in [-0.2, 0) is 23.0 Å². The first-order valence-corrected chi connectivity index (χ1v) is 8.90. The fourth-order valence-electron chi connectivity index (χ4n) is 1.84. The van der Waals surface area contributed by atoms with Gasteiger partial charge in [-0.3, -0.25) is 5.10 Å².